The van der Waals surface area contributed by atoms with E-state index in [4.69, 9.17) is 11.6 Å². The monoisotopic (exact) mass is 584 g/mol. The van der Waals surface area contributed by atoms with E-state index in [1.807, 2.05) is 42.5 Å². The Morgan fingerprint density at radius 1 is 0.951 bits per heavy atom. The second-order valence-corrected chi connectivity index (χ2v) is 9.40. The molecule has 0 saturated carbocycles. The van der Waals surface area contributed by atoms with Crippen LogP contribution in [0.15, 0.2) is 72.8 Å². The zero-order valence-electron chi connectivity index (χ0n) is 21.2. The molecular weight excluding hydrogens is 562 g/mol. The lowest BCUT2D eigenvalue weighted by Gasteiger charge is -2.24. The number of carboxylic acid groups (broad SMARTS) is 2. The Kier molecular flexibility index (Phi) is 9.07. The Labute approximate surface area is 237 Å². The molecule has 41 heavy (non-hydrogen) atoms. The first-order chi connectivity index (χ1) is 19.5. The fraction of sp³-hybridized carbons (Fsp3) is 0.143. The summed E-state index contributed by atoms with van der Waals surface area (Å²) in [5, 5.41) is 33.5. The van der Waals surface area contributed by atoms with Gasteiger partial charge in [-0.05, 0) is 28.8 Å². The van der Waals surface area contributed by atoms with Crippen LogP contribution in [0.4, 0.5) is 8.78 Å². The number of aromatic nitrogens is 2. The van der Waals surface area contributed by atoms with Crippen molar-refractivity contribution in [2.24, 2.45) is 0 Å². The molecule has 10 nitrogen and oxygen atoms in total. The summed E-state index contributed by atoms with van der Waals surface area (Å²) in [5.74, 6) is -6.03. The van der Waals surface area contributed by atoms with Crippen LogP contribution < -0.4 is 5.43 Å². The molecule has 0 aliphatic carbocycles. The molecule has 1 amide bonds. The highest BCUT2D eigenvalue weighted by atomic mass is 35.5. The second-order valence-electron chi connectivity index (χ2n) is 8.96. The van der Waals surface area contributed by atoms with Crippen LogP contribution in [0.3, 0.4) is 0 Å². The number of amides is 1. The second kappa shape index (κ2) is 12.7. The molecule has 4 N–H and O–H groups in total. The number of carbonyl (C=O) groups excluding carboxylic acids is 1. The first-order valence-electron chi connectivity index (χ1n) is 12.1. The summed E-state index contributed by atoms with van der Waals surface area (Å²) in [7, 11) is 0. The first-order valence-corrected chi connectivity index (χ1v) is 12.5. The van der Waals surface area contributed by atoms with Crippen molar-refractivity contribution >= 4 is 29.4 Å². The molecule has 1 heterocycles. The minimum atomic E-state index is -1.86. The van der Waals surface area contributed by atoms with Crippen molar-refractivity contribution in [3.63, 3.8) is 0 Å². The smallest absolute Gasteiger partial charge is 0.354 e. The van der Waals surface area contributed by atoms with Gasteiger partial charge in [-0.25, -0.2) is 23.4 Å². The normalized spacial score (nSPS) is 11.8. The molecular formula is C28H23ClF2N4O6. The molecule has 0 bridgehead atoms. The largest absolute Gasteiger partial charge is 0.479 e. The molecule has 0 spiro atoms. The van der Waals surface area contributed by atoms with Crippen LogP contribution in [0.25, 0.3) is 11.1 Å². The predicted molar refractivity (Wildman–Crippen MR) is 143 cm³/mol. The van der Waals surface area contributed by atoms with Crippen molar-refractivity contribution in [1.82, 2.24) is 20.2 Å². The van der Waals surface area contributed by atoms with Gasteiger partial charge in [0.1, 0.15) is 17.3 Å². The van der Waals surface area contributed by atoms with Crippen LogP contribution in [-0.2, 0) is 17.9 Å². The Balaban J connectivity index is 1.56. The van der Waals surface area contributed by atoms with Crippen molar-refractivity contribution < 1.29 is 38.5 Å². The van der Waals surface area contributed by atoms with Crippen LogP contribution in [-0.4, -0.2) is 60.6 Å². The molecule has 0 saturated heterocycles. The Bertz CT molecular complexity index is 1560. The number of carboxylic acids is 2. The molecule has 1 unspecified atom stereocenters. The fourth-order valence-electron chi connectivity index (χ4n) is 3.98. The summed E-state index contributed by atoms with van der Waals surface area (Å²) in [6, 6.07) is 19.4. The van der Waals surface area contributed by atoms with E-state index in [1.54, 1.807) is 12.1 Å². The van der Waals surface area contributed by atoms with Crippen molar-refractivity contribution in [3.05, 3.63) is 112 Å². The van der Waals surface area contributed by atoms with Crippen LogP contribution in [0, 0.1) is 11.6 Å². The van der Waals surface area contributed by atoms with E-state index in [0.717, 1.165) is 39.0 Å². The van der Waals surface area contributed by atoms with Crippen LogP contribution >= 0.6 is 11.6 Å². The lowest BCUT2D eigenvalue weighted by molar-refractivity contribution is -0.148. The SMILES string of the molecule is O=C(NN(Cc1ccc(-c2ccccc2)cc1)CC(O)C(=O)O)c1cc(C(=O)O)n(Cc2c(F)cc(Cl)cc2F)n1. The third-order valence-corrected chi connectivity index (χ3v) is 6.24. The number of carbonyl (C=O) groups is 3. The summed E-state index contributed by atoms with van der Waals surface area (Å²) in [5.41, 5.74) is 3.52. The average molecular weight is 585 g/mol. The minimum Gasteiger partial charge on any atom is -0.479 e. The number of aliphatic hydroxyl groups is 1. The zero-order chi connectivity index (χ0) is 29.7. The molecule has 4 rings (SSSR count). The van der Waals surface area contributed by atoms with Gasteiger partial charge in [-0.15, -0.1) is 0 Å². The van der Waals surface area contributed by atoms with E-state index >= 15 is 0 Å². The predicted octanol–water partition coefficient (Wildman–Crippen LogP) is 3.82. The van der Waals surface area contributed by atoms with E-state index in [-0.39, 0.29) is 11.6 Å². The van der Waals surface area contributed by atoms with E-state index in [9.17, 15) is 38.5 Å². The topological polar surface area (TPSA) is 145 Å². The maximum absolute atomic E-state index is 14.3. The minimum absolute atomic E-state index is 0.0289. The van der Waals surface area contributed by atoms with Crippen LogP contribution in [0.2, 0.25) is 5.02 Å². The van der Waals surface area contributed by atoms with Gasteiger partial charge in [-0.3, -0.25) is 14.9 Å². The van der Waals surface area contributed by atoms with Gasteiger partial charge in [-0.1, -0.05) is 66.2 Å². The van der Waals surface area contributed by atoms with Gasteiger partial charge in [0.25, 0.3) is 5.91 Å². The molecule has 1 aromatic heterocycles. The van der Waals surface area contributed by atoms with Crippen LogP contribution in [0.1, 0.15) is 32.1 Å². The molecule has 0 radical (unpaired) electrons. The lowest BCUT2D eigenvalue weighted by atomic mass is 10.0. The van der Waals surface area contributed by atoms with Crippen molar-refractivity contribution in [1.29, 1.82) is 0 Å². The van der Waals surface area contributed by atoms with Crippen molar-refractivity contribution in [2.75, 3.05) is 6.54 Å². The van der Waals surface area contributed by atoms with E-state index in [0.29, 0.717) is 5.56 Å². The van der Waals surface area contributed by atoms with Gasteiger partial charge < -0.3 is 15.3 Å². The standard InChI is InChI=1S/C28H23ClF2N4O6/c29-19-10-21(30)20(22(31)11-19)14-35-24(27(38)39)12-23(32-35)26(37)33-34(15-25(36)28(40)41)13-16-6-8-18(9-7-16)17-4-2-1-3-5-17/h1-12,25,36H,13-15H2,(H,33,37)(H,38,39)(H,40,41). The number of benzene rings is 3. The number of hydrazine groups is 1. The Hall–Kier alpha value is -4.65. The summed E-state index contributed by atoms with van der Waals surface area (Å²) in [4.78, 5) is 36.1. The highest BCUT2D eigenvalue weighted by Crippen LogP contribution is 2.22. The third kappa shape index (κ3) is 7.31. The molecule has 0 fully saturated rings. The average Bonchev–Trinajstić information content (AvgIpc) is 3.36. The summed E-state index contributed by atoms with van der Waals surface area (Å²) >= 11 is 5.64. The number of hydrogen-bond acceptors (Lipinski definition) is 6. The molecule has 4 aromatic rings. The zero-order valence-corrected chi connectivity index (χ0v) is 21.9. The fourth-order valence-corrected chi connectivity index (χ4v) is 4.18. The number of hydrogen-bond donors (Lipinski definition) is 4. The van der Waals surface area contributed by atoms with E-state index < -0.39 is 65.6 Å². The van der Waals surface area contributed by atoms with Gasteiger partial charge in [-0.2, -0.15) is 5.10 Å². The quantitative estimate of drug-likeness (QED) is 0.195. The maximum Gasteiger partial charge on any atom is 0.354 e. The number of rotatable bonds is 11. The Morgan fingerprint density at radius 2 is 1.56 bits per heavy atom. The summed E-state index contributed by atoms with van der Waals surface area (Å²) in [6.07, 6.45) is -1.86. The summed E-state index contributed by atoms with van der Waals surface area (Å²) in [6.45, 7) is -1.20. The highest BCUT2D eigenvalue weighted by molar-refractivity contribution is 6.30. The van der Waals surface area contributed by atoms with E-state index in [2.05, 4.69) is 10.5 Å². The van der Waals surface area contributed by atoms with Gasteiger partial charge >= 0.3 is 11.9 Å². The molecule has 0 aliphatic heterocycles. The number of aromatic carboxylic acids is 1. The van der Waals surface area contributed by atoms with Gasteiger partial charge in [0.15, 0.2) is 11.8 Å². The third-order valence-electron chi connectivity index (χ3n) is 6.02. The highest BCUT2D eigenvalue weighted by Gasteiger charge is 2.25. The number of nitrogens with one attached hydrogen (secondary N) is 1. The van der Waals surface area contributed by atoms with Gasteiger partial charge in [0, 0.05) is 23.2 Å². The van der Waals surface area contributed by atoms with Crippen molar-refractivity contribution in [2.45, 2.75) is 19.2 Å². The summed E-state index contributed by atoms with van der Waals surface area (Å²) < 4.78 is 29.4. The van der Waals surface area contributed by atoms with Crippen molar-refractivity contribution in [3.8, 4) is 11.1 Å². The molecule has 0 aliphatic rings. The number of nitrogens with zero attached hydrogens (tertiary/aromatic N) is 3. The van der Waals surface area contributed by atoms with Crippen LogP contribution in [0.5, 0.6) is 0 Å². The maximum atomic E-state index is 14.3. The molecule has 3 aromatic carbocycles. The lowest BCUT2D eigenvalue weighted by Crippen LogP contribution is -2.47. The van der Waals surface area contributed by atoms with Gasteiger partial charge in [0.05, 0.1) is 13.1 Å². The number of aliphatic hydroxyl groups excluding tert-OH is 1. The molecule has 1 atom stereocenters. The van der Waals surface area contributed by atoms with Gasteiger partial charge in [0.2, 0.25) is 0 Å². The Morgan fingerprint density at radius 3 is 2.15 bits per heavy atom. The number of aliphatic carboxylic acids is 1. The molecule has 13 heteroatoms. The molecule has 212 valence electrons. The number of halogens is 3. The first kappa shape index (κ1) is 29.3. The van der Waals surface area contributed by atoms with E-state index in [1.165, 1.54) is 0 Å².